The summed E-state index contributed by atoms with van der Waals surface area (Å²) in [5.41, 5.74) is 1.62. The van der Waals surface area contributed by atoms with Gasteiger partial charge >= 0.3 is 0 Å². The molecule has 0 aliphatic rings. The Morgan fingerprint density at radius 3 is 2.32 bits per heavy atom. The number of amides is 1. The summed E-state index contributed by atoms with van der Waals surface area (Å²) in [7, 11) is -4.00. The average molecular weight is 459 g/mol. The lowest BCUT2D eigenvalue weighted by Gasteiger charge is -2.24. The first-order valence-corrected chi connectivity index (χ1v) is 11.5. The summed E-state index contributed by atoms with van der Waals surface area (Å²) in [6, 6.07) is 19.8. The van der Waals surface area contributed by atoms with Crippen LogP contribution in [-0.2, 0) is 14.8 Å². The number of hydrogen-bond acceptors (Lipinski definition) is 4. The van der Waals surface area contributed by atoms with E-state index in [1.165, 1.54) is 12.1 Å². The van der Waals surface area contributed by atoms with Crippen LogP contribution in [0.25, 0.3) is 0 Å². The van der Waals surface area contributed by atoms with Crippen LogP contribution < -0.4 is 14.4 Å². The Morgan fingerprint density at radius 1 is 1.00 bits per heavy atom. The maximum Gasteiger partial charge on any atom is 0.264 e. The molecular formula is C23H23ClN2O4S. The molecule has 0 radical (unpaired) electrons. The quantitative estimate of drug-likeness (QED) is 0.522. The van der Waals surface area contributed by atoms with Crippen molar-refractivity contribution in [2.24, 2.45) is 0 Å². The van der Waals surface area contributed by atoms with E-state index in [1.54, 1.807) is 67.6 Å². The molecule has 0 fully saturated rings. The molecule has 31 heavy (non-hydrogen) atoms. The highest BCUT2D eigenvalue weighted by atomic mass is 35.5. The molecule has 0 saturated carbocycles. The standard InChI is InChI=1S/C23H23ClN2O4S/c1-3-30-19-12-14-20(15-13-19)31(28,29)26(18-8-5-4-6-9-18)16-23(27)25-22-11-7-10-21(24)17(22)2/h4-15H,3,16H2,1-2H3,(H,25,27). The Morgan fingerprint density at radius 2 is 1.68 bits per heavy atom. The van der Waals surface area contributed by atoms with Crippen LogP contribution in [0, 0.1) is 6.92 Å². The maximum atomic E-state index is 13.4. The van der Waals surface area contributed by atoms with Gasteiger partial charge in [0, 0.05) is 10.7 Å². The van der Waals surface area contributed by atoms with Gasteiger partial charge in [0.05, 0.1) is 17.2 Å². The maximum absolute atomic E-state index is 13.4. The average Bonchev–Trinajstić information content (AvgIpc) is 2.76. The smallest absolute Gasteiger partial charge is 0.264 e. The monoisotopic (exact) mass is 458 g/mol. The number of halogens is 1. The molecule has 3 rings (SSSR count). The molecule has 1 amide bonds. The van der Waals surface area contributed by atoms with E-state index in [0.717, 1.165) is 4.31 Å². The normalized spacial score (nSPS) is 11.1. The lowest BCUT2D eigenvalue weighted by molar-refractivity contribution is -0.114. The van der Waals surface area contributed by atoms with Crippen molar-refractivity contribution in [1.29, 1.82) is 0 Å². The molecule has 0 aliphatic heterocycles. The van der Waals surface area contributed by atoms with Crippen molar-refractivity contribution in [3.05, 3.63) is 83.4 Å². The van der Waals surface area contributed by atoms with E-state index in [4.69, 9.17) is 16.3 Å². The molecule has 0 unspecified atom stereocenters. The van der Waals surface area contributed by atoms with E-state index in [2.05, 4.69) is 5.32 Å². The van der Waals surface area contributed by atoms with Crippen molar-refractivity contribution >= 4 is 38.9 Å². The molecule has 3 aromatic carbocycles. The van der Waals surface area contributed by atoms with Gasteiger partial charge in [-0.25, -0.2) is 8.42 Å². The van der Waals surface area contributed by atoms with Crippen LogP contribution in [0.5, 0.6) is 5.75 Å². The Kier molecular flexibility index (Phi) is 7.20. The number of hydrogen-bond donors (Lipinski definition) is 1. The van der Waals surface area contributed by atoms with E-state index < -0.39 is 22.5 Å². The molecule has 0 aromatic heterocycles. The first kappa shape index (κ1) is 22.7. The number of sulfonamides is 1. The molecule has 0 heterocycles. The minimum Gasteiger partial charge on any atom is -0.494 e. The number of benzene rings is 3. The summed E-state index contributed by atoms with van der Waals surface area (Å²) in [6.07, 6.45) is 0. The van der Waals surface area contributed by atoms with Crippen LogP contribution >= 0.6 is 11.6 Å². The van der Waals surface area contributed by atoms with Gasteiger partial charge in [-0.3, -0.25) is 9.10 Å². The lowest BCUT2D eigenvalue weighted by Crippen LogP contribution is -2.38. The third kappa shape index (κ3) is 5.37. The molecule has 0 atom stereocenters. The highest BCUT2D eigenvalue weighted by molar-refractivity contribution is 7.92. The molecule has 6 nitrogen and oxygen atoms in total. The molecule has 1 N–H and O–H groups in total. The molecule has 0 aliphatic carbocycles. The Balaban J connectivity index is 1.91. The molecule has 0 saturated heterocycles. The van der Waals surface area contributed by atoms with Gasteiger partial charge in [0.2, 0.25) is 5.91 Å². The zero-order valence-corrected chi connectivity index (χ0v) is 18.8. The van der Waals surface area contributed by atoms with E-state index in [-0.39, 0.29) is 4.90 Å². The minimum atomic E-state index is -4.00. The van der Waals surface area contributed by atoms with E-state index >= 15 is 0 Å². The van der Waals surface area contributed by atoms with Crippen molar-refractivity contribution in [3.63, 3.8) is 0 Å². The molecule has 162 valence electrons. The van der Waals surface area contributed by atoms with Crippen LogP contribution in [0.15, 0.2) is 77.7 Å². The zero-order valence-electron chi connectivity index (χ0n) is 17.2. The van der Waals surface area contributed by atoms with Gasteiger partial charge in [-0.05, 0) is 67.9 Å². The largest absolute Gasteiger partial charge is 0.494 e. The van der Waals surface area contributed by atoms with Gasteiger partial charge in [-0.2, -0.15) is 0 Å². The number of anilines is 2. The van der Waals surface area contributed by atoms with E-state index in [1.807, 2.05) is 6.92 Å². The van der Waals surface area contributed by atoms with Crippen LogP contribution in [0.1, 0.15) is 12.5 Å². The molecule has 3 aromatic rings. The van der Waals surface area contributed by atoms with Crippen molar-refractivity contribution in [3.8, 4) is 5.75 Å². The van der Waals surface area contributed by atoms with Gasteiger partial charge in [0.1, 0.15) is 12.3 Å². The third-order valence-corrected chi connectivity index (χ3v) is 6.79. The number of nitrogens with one attached hydrogen (secondary N) is 1. The number of carbonyl (C=O) groups is 1. The molecule has 0 bridgehead atoms. The fourth-order valence-electron chi connectivity index (χ4n) is 2.97. The fourth-order valence-corrected chi connectivity index (χ4v) is 4.57. The second kappa shape index (κ2) is 9.85. The highest BCUT2D eigenvalue weighted by Crippen LogP contribution is 2.26. The lowest BCUT2D eigenvalue weighted by atomic mass is 10.2. The van der Waals surface area contributed by atoms with Crippen LogP contribution in [-0.4, -0.2) is 27.5 Å². The molecule has 0 spiro atoms. The van der Waals surface area contributed by atoms with Gasteiger partial charge in [0.15, 0.2) is 0 Å². The van der Waals surface area contributed by atoms with Gasteiger partial charge in [0.25, 0.3) is 10.0 Å². The van der Waals surface area contributed by atoms with Gasteiger partial charge in [-0.1, -0.05) is 35.9 Å². The van der Waals surface area contributed by atoms with Gasteiger partial charge < -0.3 is 10.1 Å². The predicted molar refractivity (Wildman–Crippen MR) is 123 cm³/mol. The van der Waals surface area contributed by atoms with Crippen molar-refractivity contribution in [1.82, 2.24) is 0 Å². The second-order valence-corrected chi connectivity index (χ2v) is 8.98. The first-order valence-electron chi connectivity index (χ1n) is 9.68. The Bertz CT molecular complexity index is 1150. The minimum absolute atomic E-state index is 0.0616. The van der Waals surface area contributed by atoms with Gasteiger partial charge in [-0.15, -0.1) is 0 Å². The number of nitrogens with zero attached hydrogens (tertiary/aromatic N) is 1. The number of para-hydroxylation sites is 1. The first-order chi connectivity index (χ1) is 14.8. The molecule has 8 heteroatoms. The topological polar surface area (TPSA) is 75.7 Å². The highest BCUT2D eigenvalue weighted by Gasteiger charge is 2.27. The van der Waals surface area contributed by atoms with Crippen molar-refractivity contribution in [2.45, 2.75) is 18.7 Å². The Labute approximate surface area is 187 Å². The van der Waals surface area contributed by atoms with Crippen molar-refractivity contribution < 1.29 is 17.9 Å². The summed E-state index contributed by atoms with van der Waals surface area (Å²) in [6.45, 7) is 3.71. The third-order valence-electron chi connectivity index (χ3n) is 4.60. The predicted octanol–water partition coefficient (Wildman–Crippen LogP) is 4.88. The summed E-state index contributed by atoms with van der Waals surface area (Å²) < 4.78 is 33.3. The number of rotatable bonds is 8. The number of carbonyl (C=O) groups excluding carboxylic acids is 1. The Hall–Kier alpha value is -3.03. The summed E-state index contributed by atoms with van der Waals surface area (Å²) >= 11 is 6.12. The fraction of sp³-hybridized carbons (Fsp3) is 0.174. The summed E-state index contributed by atoms with van der Waals surface area (Å²) in [4.78, 5) is 12.9. The SMILES string of the molecule is CCOc1ccc(S(=O)(=O)N(CC(=O)Nc2cccc(Cl)c2C)c2ccccc2)cc1. The van der Waals surface area contributed by atoms with Crippen LogP contribution in [0.2, 0.25) is 5.02 Å². The van der Waals surface area contributed by atoms with Crippen molar-refractivity contribution in [2.75, 3.05) is 22.8 Å². The zero-order chi connectivity index (χ0) is 22.4. The number of ether oxygens (including phenoxy) is 1. The van der Waals surface area contributed by atoms with Crippen LogP contribution in [0.3, 0.4) is 0 Å². The summed E-state index contributed by atoms with van der Waals surface area (Å²) in [5, 5.41) is 3.26. The van der Waals surface area contributed by atoms with E-state index in [9.17, 15) is 13.2 Å². The molecular weight excluding hydrogens is 436 g/mol. The summed E-state index contributed by atoms with van der Waals surface area (Å²) in [5.74, 6) is 0.0885. The van der Waals surface area contributed by atoms with Crippen LogP contribution in [0.4, 0.5) is 11.4 Å². The second-order valence-electron chi connectivity index (χ2n) is 6.71. The van der Waals surface area contributed by atoms with E-state index in [0.29, 0.717) is 34.3 Å².